The summed E-state index contributed by atoms with van der Waals surface area (Å²) in [6.45, 7) is 1.14. The Balaban J connectivity index is 2.56. The number of likely N-dealkylation sites (N-methyl/N-ethyl adjacent to an activating group) is 1. The van der Waals surface area contributed by atoms with Crippen LogP contribution in [0.3, 0.4) is 0 Å². The van der Waals surface area contributed by atoms with Gasteiger partial charge in [-0.1, -0.05) is 0 Å². The van der Waals surface area contributed by atoms with Gasteiger partial charge in [0, 0.05) is 26.1 Å². The van der Waals surface area contributed by atoms with E-state index in [1.807, 2.05) is 0 Å². The molecule has 1 heterocycles. The van der Waals surface area contributed by atoms with Crippen LogP contribution in [0.5, 0.6) is 0 Å². The maximum atomic E-state index is 12.4. The van der Waals surface area contributed by atoms with Crippen molar-refractivity contribution in [3.63, 3.8) is 0 Å². The van der Waals surface area contributed by atoms with Crippen LogP contribution in [0.2, 0.25) is 0 Å². The summed E-state index contributed by atoms with van der Waals surface area (Å²) in [6.07, 6.45) is 1.23. The minimum absolute atomic E-state index is 0.00116. The predicted octanol–water partition coefficient (Wildman–Crippen LogP) is -4.10. The quantitative estimate of drug-likeness (QED) is 0.111. The summed E-state index contributed by atoms with van der Waals surface area (Å²) < 4.78 is 0. The zero-order valence-electron chi connectivity index (χ0n) is 16.7. The van der Waals surface area contributed by atoms with E-state index < -0.39 is 36.0 Å². The number of aliphatic hydroxyl groups is 1. The molecule has 3 amide bonds. The van der Waals surface area contributed by atoms with E-state index in [1.165, 1.54) is 18.9 Å². The highest BCUT2D eigenvalue weighted by atomic mass is 16.3. The van der Waals surface area contributed by atoms with Gasteiger partial charge in [0.25, 0.3) is 5.91 Å². The van der Waals surface area contributed by atoms with Gasteiger partial charge in [-0.3, -0.25) is 30.0 Å². The van der Waals surface area contributed by atoms with Gasteiger partial charge in [-0.05, 0) is 19.8 Å². The van der Waals surface area contributed by atoms with Gasteiger partial charge in [-0.2, -0.15) is 0 Å². The Morgan fingerprint density at radius 1 is 1.48 bits per heavy atom. The van der Waals surface area contributed by atoms with Crippen LogP contribution < -0.4 is 33.6 Å². The molecule has 0 aromatic heterocycles. The number of aliphatic hydroxyl groups excluding tert-OH is 1. The molecule has 0 spiro atoms. The molecule has 13 nitrogen and oxygen atoms in total. The van der Waals surface area contributed by atoms with Gasteiger partial charge in [0.15, 0.2) is 5.96 Å². The van der Waals surface area contributed by atoms with Crippen LogP contribution in [0.15, 0.2) is 9.98 Å². The molecule has 0 aromatic rings. The van der Waals surface area contributed by atoms with Crippen molar-refractivity contribution < 1.29 is 19.5 Å². The molecule has 0 bridgehead atoms. The van der Waals surface area contributed by atoms with Crippen molar-refractivity contribution in [2.45, 2.75) is 43.8 Å². The molecule has 1 rings (SSSR count). The number of hydrogen-bond donors (Lipinski definition) is 7. The highest BCUT2D eigenvalue weighted by Gasteiger charge is 2.33. The number of hydrogen-bond acceptors (Lipinski definition) is 8. The second kappa shape index (κ2) is 10.7. The van der Waals surface area contributed by atoms with Crippen LogP contribution in [-0.2, 0) is 14.4 Å². The molecule has 0 saturated carbocycles. The smallest absolute Gasteiger partial charge is 0.251 e. The van der Waals surface area contributed by atoms with E-state index in [1.54, 1.807) is 0 Å². The molecule has 29 heavy (non-hydrogen) atoms. The molecule has 0 saturated heterocycles. The Morgan fingerprint density at radius 2 is 2.14 bits per heavy atom. The van der Waals surface area contributed by atoms with Crippen molar-refractivity contribution >= 4 is 29.6 Å². The van der Waals surface area contributed by atoms with Crippen molar-refractivity contribution in [3.8, 4) is 0 Å². The zero-order valence-corrected chi connectivity index (χ0v) is 16.7. The highest BCUT2D eigenvalue weighted by molar-refractivity contribution is 6.09. The number of amides is 3. The van der Waals surface area contributed by atoms with Crippen molar-refractivity contribution in [2.24, 2.45) is 32.9 Å². The van der Waals surface area contributed by atoms with E-state index in [0.29, 0.717) is 19.4 Å². The minimum atomic E-state index is -1.52. The first kappa shape index (κ1) is 24.3. The lowest BCUT2D eigenvalue weighted by Gasteiger charge is -2.30. The second-order valence-electron chi connectivity index (χ2n) is 7.14. The molecule has 1 aliphatic rings. The Kier molecular flexibility index (Phi) is 8.94. The fraction of sp³-hybridized carbons (Fsp3) is 0.688. The molecule has 13 heteroatoms. The standard InChI is InChI=1S/C16H31N9O4/c1-16(20,8-26)13(29)24-15-22-7-10(12(28)23-15)25(2)11(27)6-9(17)4-3-5-21-14(18)19/h9-10,26H,3-8,17,20H2,1-2H3,(H4,18,19,21)(H2,22,23,24,28,29)/t9-,10?,16-/m0/s1. The van der Waals surface area contributed by atoms with Crippen LogP contribution in [0.1, 0.15) is 26.2 Å². The molecular weight excluding hydrogens is 382 g/mol. The first-order valence-electron chi connectivity index (χ1n) is 9.11. The van der Waals surface area contributed by atoms with E-state index in [0.717, 1.165) is 0 Å². The third-order valence-electron chi connectivity index (χ3n) is 4.37. The fourth-order valence-corrected chi connectivity index (χ4v) is 2.40. The fourth-order valence-electron chi connectivity index (χ4n) is 2.40. The van der Waals surface area contributed by atoms with Gasteiger partial charge in [0.05, 0.1) is 13.2 Å². The van der Waals surface area contributed by atoms with Crippen molar-refractivity contribution in [2.75, 3.05) is 26.7 Å². The lowest BCUT2D eigenvalue weighted by atomic mass is 10.1. The summed E-state index contributed by atoms with van der Waals surface area (Å²) in [6, 6.07) is -1.23. The van der Waals surface area contributed by atoms with Crippen molar-refractivity contribution in [1.29, 1.82) is 0 Å². The topological polar surface area (TPSA) is 228 Å². The third-order valence-corrected chi connectivity index (χ3v) is 4.37. The number of nitrogens with zero attached hydrogens (tertiary/aromatic N) is 3. The van der Waals surface area contributed by atoms with E-state index in [2.05, 4.69) is 20.6 Å². The van der Waals surface area contributed by atoms with Crippen LogP contribution in [0.4, 0.5) is 0 Å². The Bertz CT molecular complexity index is 673. The van der Waals surface area contributed by atoms with E-state index in [-0.39, 0.29) is 30.8 Å². The molecule has 0 aliphatic carbocycles. The average molecular weight is 413 g/mol. The maximum Gasteiger partial charge on any atom is 0.251 e. The summed E-state index contributed by atoms with van der Waals surface area (Å²) in [7, 11) is 1.49. The SMILES string of the molecule is CN(C(=O)C[C@@H](N)CCCN=C(N)N)C1CN=C(NC(=O)[C@@](C)(N)CO)NC1=O. The molecule has 0 radical (unpaired) electrons. The van der Waals surface area contributed by atoms with Gasteiger partial charge in [0.2, 0.25) is 17.8 Å². The Hall–Kier alpha value is -2.77. The second-order valence-corrected chi connectivity index (χ2v) is 7.14. The molecule has 3 atom stereocenters. The Morgan fingerprint density at radius 3 is 2.69 bits per heavy atom. The van der Waals surface area contributed by atoms with Gasteiger partial charge in [-0.25, -0.2) is 4.99 Å². The zero-order chi connectivity index (χ0) is 22.2. The normalized spacial score (nSPS) is 19.3. The van der Waals surface area contributed by atoms with Gasteiger partial charge in [0.1, 0.15) is 11.6 Å². The Labute approximate surface area is 168 Å². The number of rotatable bonds is 9. The number of guanidine groups is 2. The molecule has 0 aromatic carbocycles. The van der Waals surface area contributed by atoms with Gasteiger partial charge >= 0.3 is 0 Å². The number of carbonyl (C=O) groups is 3. The first-order chi connectivity index (χ1) is 13.5. The summed E-state index contributed by atoms with van der Waals surface area (Å²) in [5.74, 6) is -1.60. The predicted molar refractivity (Wildman–Crippen MR) is 107 cm³/mol. The molecule has 11 N–H and O–H groups in total. The third kappa shape index (κ3) is 7.63. The minimum Gasteiger partial charge on any atom is -0.394 e. The van der Waals surface area contributed by atoms with Crippen LogP contribution in [-0.4, -0.2) is 84.0 Å². The van der Waals surface area contributed by atoms with E-state index in [4.69, 9.17) is 28.0 Å². The molecule has 1 unspecified atom stereocenters. The van der Waals surface area contributed by atoms with Crippen molar-refractivity contribution in [3.05, 3.63) is 0 Å². The highest BCUT2D eigenvalue weighted by Crippen LogP contribution is 2.08. The summed E-state index contributed by atoms with van der Waals surface area (Å²) in [5, 5.41) is 13.9. The van der Waals surface area contributed by atoms with Gasteiger partial charge in [-0.15, -0.1) is 0 Å². The molecular formula is C16H31N9O4. The van der Waals surface area contributed by atoms with E-state index >= 15 is 0 Å². The number of aliphatic imine (C=N–C) groups is 2. The molecule has 1 aliphatic heterocycles. The summed E-state index contributed by atoms with van der Waals surface area (Å²) in [4.78, 5) is 45.8. The van der Waals surface area contributed by atoms with Crippen LogP contribution in [0.25, 0.3) is 0 Å². The molecule has 0 fully saturated rings. The maximum absolute atomic E-state index is 12.4. The van der Waals surface area contributed by atoms with E-state index in [9.17, 15) is 14.4 Å². The number of nitrogens with two attached hydrogens (primary N) is 4. The van der Waals surface area contributed by atoms with Gasteiger partial charge < -0.3 is 32.9 Å². The van der Waals surface area contributed by atoms with Crippen LogP contribution >= 0.6 is 0 Å². The number of carbonyl (C=O) groups excluding carboxylic acids is 3. The number of nitrogens with one attached hydrogen (secondary N) is 2. The summed E-state index contributed by atoms with van der Waals surface area (Å²) >= 11 is 0. The molecule has 164 valence electrons. The average Bonchev–Trinajstić information content (AvgIpc) is 2.64. The lowest BCUT2D eigenvalue weighted by Crippen LogP contribution is -2.62. The summed E-state index contributed by atoms with van der Waals surface area (Å²) in [5.41, 5.74) is 20.5. The monoisotopic (exact) mass is 413 g/mol. The van der Waals surface area contributed by atoms with Crippen LogP contribution in [0, 0.1) is 0 Å². The largest absolute Gasteiger partial charge is 0.394 e. The van der Waals surface area contributed by atoms with Crippen molar-refractivity contribution in [1.82, 2.24) is 15.5 Å². The lowest BCUT2D eigenvalue weighted by molar-refractivity contribution is -0.138. The first-order valence-corrected chi connectivity index (χ1v) is 9.11.